The van der Waals surface area contributed by atoms with Gasteiger partial charge in [0, 0.05) is 5.56 Å². The van der Waals surface area contributed by atoms with Gasteiger partial charge in [-0.25, -0.2) is 0 Å². The lowest BCUT2D eigenvalue weighted by Gasteiger charge is -2.00. The van der Waals surface area contributed by atoms with Crippen LogP contribution in [0, 0.1) is 6.92 Å². The highest BCUT2D eigenvalue weighted by atomic mass is 32.1. The van der Waals surface area contributed by atoms with Crippen LogP contribution in [0.3, 0.4) is 0 Å². The Labute approximate surface area is 159 Å². The number of hydrogen-bond acceptors (Lipinski definition) is 4. The van der Waals surface area contributed by atoms with Crippen molar-refractivity contribution in [2.24, 2.45) is 0 Å². The minimum absolute atomic E-state index is 0.131. The maximum Gasteiger partial charge on any atom is 0.291 e. The predicted molar refractivity (Wildman–Crippen MR) is 110 cm³/mol. The fraction of sp³-hybridized carbons (Fsp3) is 0.0455. The quantitative estimate of drug-likeness (QED) is 0.475. The molecule has 2 aromatic heterocycles. The van der Waals surface area contributed by atoms with Crippen LogP contribution in [0.25, 0.3) is 33.2 Å². The van der Waals surface area contributed by atoms with Crippen LogP contribution in [0.2, 0.25) is 0 Å². The molecule has 2 heterocycles. The van der Waals surface area contributed by atoms with E-state index in [1.807, 2.05) is 61.5 Å². The summed E-state index contributed by atoms with van der Waals surface area (Å²) in [7, 11) is 0. The minimum Gasteiger partial charge on any atom is -0.266 e. The van der Waals surface area contributed by atoms with Crippen molar-refractivity contribution in [1.82, 2.24) is 14.6 Å². The Morgan fingerprint density at radius 3 is 2.56 bits per heavy atom. The van der Waals surface area contributed by atoms with Crippen molar-refractivity contribution in [3.8, 4) is 11.4 Å². The molecule has 0 radical (unpaired) electrons. The summed E-state index contributed by atoms with van der Waals surface area (Å²) in [5, 5.41) is 6.70. The third kappa shape index (κ3) is 2.73. The standard InChI is InChI=1S/C22H15N3OS/c1-14-9-11-16(12-10-14)20-23-22-25(24-20)21(26)19(27-22)13-17-7-4-6-15-5-2-3-8-18(15)17/h2-13H,1H3/b19-13-. The molecule has 0 fully saturated rings. The second-order valence-electron chi connectivity index (χ2n) is 6.48. The number of rotatable bonds is 2. The van der Waals surface area contributed by atoms with Crippen LogP contribution in [0.1, 0.15) is 11.1 Å². The topological polar surface area (TPSA) is 47.3 Å². The Morgan fingerprint density at radius 1 is 0.963 bits per heavy atom. The summed E-state index contributed by atoms with van der Waals surface area (Å²) in [6.45, 7) is 2.04. The largest absolute Gasteiger partial charge is 0.291 e. The molecular weight excluding hydrogens is 354 g/mol. The predicted octanol–water partition coefficient (Wildman–Crippen LogP) is 3.83. The lowest BCUT2D eigenvalue weighted by molar-refractivity contribution is 0.937. The van der Waals surface area contributed by atoms with Gasteiger partial charge in [0.25, 0.3) is 5.56 Å². The summed E-state index contributed by atoms with van der Waals surface area (Å²) in [4.78, 5) is 18.0. The zero-order valence-electron chi connectivity index (χ0n) is 14.6. The first kappa shape index (κ1) is 15.9. The monoisotopic (exact) mass is 369 g/mol. The number of fused-ring (bicyclic) bond motifs is 2. The number of nitrogens with zero attached hydrogens (tertiary/aromatic N) is 3. The van der Waals surface area contributed by atoms with E-state index in [0.29, 0.717) is 15.3 Å². The number of hydrogen-bond donors (Lipinski definition) is 0. The van der Waals surface area contributed by atoms with E-state index >= 15 is 0 Å². The van der Waals surface area contributed by atoms with Gasteiger partial charge in [0.1, 0.15) is 0 Å². The summed E-state index contributed by atoms with van der Waals surface area (Å²) in [6, 6.07) is 22.2. The molecule has 0 atom stereocenters. The van der Waals surface area contributed by atoms with Gasteiger partial charge < -0.3 is 0 Å². The highest BCUT2D eigenvalue weighted by molar-refractivity contribution is 7.15. The summed E-state index contributed by atoms with van der Waals surface area (Å²) in [5.74, 6) is 0.579. The maximum absolute atomic E-state index is 12.8. The lowest BCUT2D eigenvalue weighted by atomic mass is 10.0. The van der Waals surface area contributed by atoms with Crippen molar-refractivity contribution in [3.05, 3.63) is 92.7 Å². The average Bonchev–Trinajstić information content (AvgIpc) is 3.23. The summed E-state index contributed by atoms with van der Waals surface area (Å²) in [6.07, 6.45) is 1.93. The summed E-state index contributed by atoms with van der Waals surface area (Å²) in [5.41, 5.74) is 2.98. The lowest BCUT2D eigenvalue weighted by Crippen LogP contribution is -2.23. The van der Waals surface area contributed by atoms with Gasteiger partial charge in [-0.15, -0.1) is 5.10 Å². The van der Waals surface area contributed by atoms with Gasteiger partial charge in [0.2, 0.25) is 4.96 Å². The highest BCUT2D eigenvalue weighted by Gasteiger charge is 2.12. The third-order valence-electron chi connectivity index (χ3n) is 4.60. The molecule has 4 nitrogen and oxygen atoms in total. The first-order valence-corrected chi connectivity index (χ1v) is 9.47. The Kier molecular flexibility index (Phi) is 3.62. The van der Waals surface area contributed by atoms with Crippen LogP contribution in [0.5, 0.6) is 0 Å². The van der Waals surface area contributed by atoms with Crippen molar-refractivity contribution >= 4 is 33.1 Å². The fourth-order valence-corrected chi connectivity index (χ4v) is 4.07. The highest BCUT2D eigenvalue weighted by Crippen LogP contribution is 2.20. The summed E-state index contributed by atoms with van der Waals surface area (Å²) < 4.78 is 2.04. The molecular formula is C22H15N3OS. The zero-order valence-corrected chi connectivity index (χ0v) is 15.4. The maximum atomic E-state index is 12.8. The normalized spacial score (nSPS) is 12.3. The fourth-order valence-electron chi connectivity index (χ4n) is 3.18. The van der Waals surface area contributed by atoms with Crippen molar-refractivity contribution < 1.29 is 0 Å². The molecule has 0 aliphatic rings. The van der Waals surface area contributed by atoms with E-state index < -0.39 is 0 Å². The van der Waals surface area contributed by atoms with E-state index in [1.54, 1.807) is 0 Å². The summed E-state index contributed by atoms with van der Waals surface area (Å²) >= 11 is 1.37. The molecule has 5 aromatic rings. The van der Waals surface area contributed by atoms with Gasteiger partial charge in [-0.3, -0.25) is 4.79 Å². The molecule has 3 aromatic carbocycles. The van der Waals surface area contributed by atoms with E-state index in [0.717, 1.165) is 21.9 Å². The van der Waals surface area contributed by atoms with Gasteiger partial charge in [0.05, 0.1) is 4.53 Å². The molecule has 0 unspecified atom stereocenters. The van der Waals surface area contributed by atoms with Gasteiger partial charge >= 0.3 is 0 Å². The molecule has 0 saturated heterocycles. The van der Waals surface area contributed by atoms with Gasteiger partial charge in [0.15, 0.2) is 5.82 Å². The molecule has 0 amide bonds. The van der Waals surface area contributed by atoms with Crippen LogP contribution in [0.4, 0.5) is 0 Å². The molecule has 0 saturated carbocycles. The molecule has 0 aliphatic heterocycles. The molecule has 27 heavy (non-hydrogen) atoms. The van der Waals surface area contributed by atoms with Crippen LogP contribution < -0.4 is 10.1 Å². The Morgan fingerprint density at radius 2 is 1.74 bits per heavy atom. The van der Waals surface area contributed by atoms with Crippen molar-refractivity contribution in [2.45, 2.75) is 6.92 Å². The van der Waals surface area contributed by atoms with E-state index in [2.05, 4.69) is 28.3 Å². The zero-order chi connectivity index (χ0) is 18.4. The van der Waals surface area contributed by atoms with Gasteiger partial charge in [-0.2, -0.15) is 9.50 Å². The Hall–Kier alpha value is -3.31. The van der Waals surface area contributed by atoms with E-state index in [4.69, 9.17) is 0 Å². The van der Waals surface area contributed by atoms with E-state index in [-0.39, 0.29) is 5.56 Å². The first-order chi connectivity index (χ1) is 13.2. The number of aromatic nitrogens is 3. The molecule has 0 spiro atoms. The molecule has 0 bridgehead atoms. The SMILES string of the molecule is Cc1ccc(-c2nc3s/c(=C\c4cccc5ccccc45)c(=O)n3n2)cc1. The first-order valence-electron chi connectivity index (χ1n) is 8.65. The van der Waals surface area contributed by atoms with Gasteiger partial charge in [-0.05, 0) is 29.3 Å². The minimum atomic E-state index is -0.131. The molecule has 130 valence electrons. The smallest absolute Gasteiger partial charge is 0.266 e. The van der Waals surface area contributed by atoms with Gasteiger partial charge in [-0.1, -0.05) is 83.6 Å². The molecule has 5 rings (SSSR count). The van der Waals surface area contributed by atoms with E-state index in [1.165, 1.54) is 21.4 Å². The molecule has 0 N–H and O–H groups in total. The molecule has 5 heteroatoms. The van der Waals surface area contributed by atoms with Crippen LogP contribution in [0.15, 0.2) is 71.5 Å². The number of aryl methyl sites for hydroxylation is 1. The van der Waals surface area contributed by atoms with Crippen molar-refractivity contribution in [3.63, 3.8) is 0 Å². The number of benzene rings is 3. The van der Waals surface area contributed by atoms with Crippen LogP contribution in [-0.4, -0.2) is 14.6 Å². The second kappa shape index (κ2) is 6.14. The second-order valence-corrected chi connectivity index (χ2v) is 7.49. The van der Waals surface area contributed by atoms with Crippen molar-refractivity contribution in [1.29, 1.82) is 0 Å². The average molecular weight is 369 g/mol. The van der Waals surface area contributed by atoms with E-state index in [9.17, 15) is 4.79 Å². The third-order valence-corrected chi connectivity index (χ3v) is 5.56. The van der Waals surface area contributed by atoms with Crippen LogP contribution in [-0.2, 0) is 0 Å². The van der Waals surface area contributed by atoms with Crippen LogP contribution >= 0.6 is 11.3 Å². The van der Waals surface area contributed by atoms with Crippen molar-refractivity contribution in [2.75, 3.05) is 0 Å². The number of thiazole rings is 1. The molecule has 0 aliphatic carbocycles. The Balaban J connectivity index is 1.65. The Bertz CT molecular complexity index is 1390.